The van der Waals surface area contributed by atoms with Gasteiger partial charge in [0, 0.05) is 18.1 Å². The SMILES string of the molecule is CC(C)c1cnc(OCCSS)nc1. The quantitative estimate of drug-likeness (QED) is 0.479. The fourth-order valence-corrected chi connectivity index (χ4v) is 1.25. The highest BCUT2D eigenvalue weighted by molar-refractivity contribution is 8.68. The lowest BCUT2D eigenvalue weighted by Gasteiger charge is -2.05. The average Bonchev–Trinajstić information content (AvgIpc) is 2.19. The molecular weight excluding hydrogens is 216 g/mol. The van der Waals surface area contributed by atoms with E-state index in [1.807, 2.05) is 0 Å². The molecule has 0 aliphatic heterocycles. The summed E-state index contributed by atoms with van der Waals surface area (Å²) < 4.78 is 5.29. The fourth-order valence-electron chi connectivity index (χ4n) is 0.869. The number of aromatic nitrogens is 2. The summed E-state index contributed by atoms with van der Waals surface area (Å²) in [5.41, 5.74) is 1.13. The van der Waals surface area contributed by atoms with Crippen LogP contribution in [0.2, 0.25) is 0 Å². The van der Waals surface area contributed by atoms with Gasteiger partial charge >= 0.3 is 6.01 Å². The van der Waals surface area contributed by atoms with E-state index in [1.165, 1.54) is 10.8 Å². The third kappa shape index (κ3) is 3.75. The molecular formula is C9H14N2OS2. The molecule has 14 heavy (non-hydrogen) atoms. The lowest BCUT2D eigenvalue weighted by Crippen LogP contribution is -2.03. The van der Waals surface area contributed by atoms with E-state index < -0.39 is 0 Å². The van der Waals surface area contributed by atoms with Crippen molar-refractivity contribution in [2.45, 2.75) is 19.8 Å². The van der Waals surface area contributed by atoms with Gasteiger partial charge in [0.2, 0.25) is 0 Å². The minimum absolute atomic E-state index is 0.441. The third-order valence-electron chi connectivity index (χ3n) is 1.72. The topological polar surface area (TPSA) is 35.0 Å². The second-order valence-corrected chi connectivity index (χ2v) is 4.58. The molecule has 3 nitrogen and oxygen atoms in total. The van der Waals surface area contributed by atoms with Crippen molar-refractivity contribution in [3.8, 4) is 6.01 Å². The normalized spacial score (nSPS) is 10.6. The molecule has 0 N–H and O–H groups in total. The van der Waals surface area contributed by atoms with Crippen LogP contribution in [-0.2, 0) is 0 Å². The van der Waals surface area contributed by atoms with Crippen LogP contribution in [0.3, 0.4) is 0 Å². The van der Waals surface area contributed by atoms with Crippen molar-refractivity contribution in [3.05, 3.63) is 18.0 Å². The first kappa shape index (κ1) is 11.7. The molecule has 1 aromatic rings. The second-order valence-electron chi connectivity index (χ2n) is 3.14. The highest BCUT2D eigenvalue weighted by Gasteiger charge is 2.01. The summed E-state index contributed by atoms with van der Waals surface area (Å²) in [6.45, 7) is 4.81. The summed E-state index contributed by atoms with van der Waals surface area (Å²) in [4.78, 5) is 8.21. The van der Waals surface area contributed by atoms with Crippen LogP contribution in [-0.4, -0.2) is 22.3 Å². The van der Waals surface area contributed by atoms with Gasteiger partial charge in [-0.25, -0.2) is 9.97 Å². The molecule has 0 aromatic carbocycles. The maximum absolute atomic E-state index is 5.29. The lowest BCUT2D eigenvalue weighted by atomic mass is 10.1. The van der Waals surface area contributed by atoms with Crippen molar-refractivity contribution in [2.75, 3.05) is 12.4 Å². The molecule has 0 amide bonds. The first-order valence-corrected chi connectivity index (χ1v) is 6.49. The monoisotopic (exact) mass is 230 g/mol. The van der Waals surface area contributed by atoms with Crippen LogP contribution in [0.1, 0.15) is 25.3 Å². The van der Waals surface area contributed by atoms with Crippen LogP contribution < -0.4 is 4.74 Å². The molecule has 0 radical (unpaired) electrons. The Kier molecular flexibility index (Phi) is 5.11. The van der Waals surface area contributed by atoms with Gasteiger partial charge in [0.25, 0.3) is 0 Å². The number of hydrogen-bond acceptors (Lipinski definition) is 5. The summed E-state index contributed by atoms with van der Waals surface area (Å²) >= 11 is 4.01. The van der Waals surface area contributed by atoms with Crippen molar-refractivity contribution < 1.29 is 4.74 Å². The second kappa shape index (κ2) is 6.14. The van der Waals surface area contributed by atoms with Crippen molar-refractivity contribution in [2.24, 2.45) is 0 Å². The van der Waals surface area contributed by atoms with Gasteiger partial charge in [-0.1, -0.05) is 24.6 Å². The van der Waals surface area contributed by atoms with E-state index in [9.17, 15) is 0 Å². The largest absolute Gasteiger partial charge is 0.463 e. The highest BCUT2D eigenvalue weighted by Crippen LogP contribution is 2.13. The summed E-state index contributed by atoms with van der Waals surface area (Å²) in [7, 11) is 1.44. The standard InChI is InChI=1S/C9H14N2OS2/c1-7(2)8-5-10-9(11-6-8)12-3-4-14-13/h5-7,13H,3-4H2,1-2H3. The van der Waals surface area contributed by atoms with Crippen molar-refractivity contribution in [1.29, 1.82) is 0 Å². The summed E-state index contributed by atoms with van der Waals surface area (Å²) in [6.07, 6.45) is 3.61. The summed E-state index contributed by atoms with van der Waals surface area (Å²) in [5.74, 6) is 1.29. The molecule has 0 aliphatic rings. The Morgan fingerprint density at radius 3 is 2.57 bits per heavy atom. The van der Waals surface area contributed by atoms with Gasteiger partial charge in [-0.05, 0) is 11.5 Å². The van der Waals surface area contributed by atoms with E-state index >= 15 is 0 Å². The van der Waals surface area contributed by atoms with Crippen LogP contribution >= 0.6 is 22.5 Å². The maximum Gasteiger partial charge on any atom is 0.316 e. The smallest absolute Gasteiger partial charge is 0.316 e. The molecule has 0 saturated carbocycles. The maximum atomic E-state index is 5.29. The molecule has 78 valence electrons. The Morgan fingerprint density at radius 2 is 2.07 bits per heavy atom. The van der Waals surface area contributed by atoms with Crippen LogP contribution in [0, 0.1) is 0 Å². The first-order valence-electron chi connectivity index (χ1n) is 4.45. The molecule has 0 fully saturated rings. The zero-order chi connectivity index (χ0) is 10.4. The van der Waals surface area contributed by atoms with Gasteiger partial charge in [0.05, 0.1) is 0 Å². The van der Waals surface area contributed by atoms with Gasteiger partial charge in [0.1, 0.15) is 6.61 Å². The Bertz CT molecular complexity index is 264. The fraction of sp³-hybridized carbons (Fsp3) is 0.556. The Morgan fingerprint density at radius 1 is 1.43 bits per heavy atom. The number of hydrogen-bond donors (Lipinski definition) is 1. The Labute approximate surface area is 93.5 Å². The Balaban J connectivity index is 2.47. The first-order chi connectivity index (χ1) is 6.74. The molecule has 0 bridgehead atoms. The minimum Gasteiger partial charge on any atom is -0.463 e. The molecule has 0 unspecified atom stereocenters. The van der Waals surface area contributed by atoms with Crippen molar-refractivity contribution >= 4 is 22.5 Å². The van der Waals surface area contributed by atoms with Gasteiger partial charge in [-0.2, -0.15) is 0 Å². The van der Waals surface area contributed by atoms with Crippen LogP contribution in [0.4, 0.5) is 0 Å². The van der Waals surface area contributed by atoms with E-state index in [2.05, 4.69) is 35.5 Å². The minimum atomic E-state index is 0.441. The number of nitrogens with zero attached hydrogens (tertiary/aromatic N) is 2. The summed E-state index contributed by atoms with van der Waals surface area (Å²) in [5, 5.41) is 0. The number of thiol groups is 1. The predicted octanol–water partition coefficient (Wildman–Crippen LogP) is 2.56. The van der Waals surface area contributed by atoms with Gasteiger partial charge in [-0.3, -0.25) is 0 Å². The molecule has 0 atom stereocenters. The van der Waals surface area contributed by atoms with Gasteiger partial charge in [-0.15, -0.1) is 11.7 Å². The molecule has 0 aliphatic carbocycles. The molecule has 5 heteroatoms. The van der Waals surface area contributed by atoms with Crippen molar-refractivity contribution in [3.63, 3.8) is 0 Å². The van der Waals surface area contributed by atoms with Crippen molar-refractivity contribution in [1.82, 2.24) is 9.97 Å². The van der Waals surface area contributed by atoms with E-state index in [0.29, 0.717) is 18.5 Å². The average molecular weight is 230 g/mol. The third-order valence-corrected chi connectivity index (χ3v) is 2.62. The molecule has 1 heterocycles. The van der Waals surface area contributed by atoms with E-state index in [0.717, 1.165) is 11.3 Å². The molecule has 0 spiro atoms. The van der Waals surface area contributed by atoms with Gasteiger partial charge in [0.15, 0.2) is 0 Å². The predicted molar refractivity (Wildman–Crippen MR) is 63.1 cm³/mol. The van der Waals surface area contributed by atoms with Crippen LogP contribution in [0.25, 0.3) is 0 Å². The zero-order valence-electron chi connectivity index (χ0n) is 8.30. The molecule has 1 rings (SSSR count). The van der Waals surface area contributed by atoms with Gasteiger partial charge < -0.3 is 4.74 Å². The van der Waals surface area contributed by atoms with E-state index in [4.69, 9.17) is 4.74 Å². The Hall–Kier alpha value is -0.420. The molecule has 0 saturated heterocycles. The van der Waals surface area contributed by atoms with Crippen LogP contribution in [0.5, 0.6) is 6.01 Å². The molecule has 1 aromatic heterocycles. The lowest BCUT2D eigenvalue weighted by molar-refractivity contribution is 0.315. The highest BCUT2D eigenvalue weighted by atomic mass is 33.1. The van der Waals surface area contributed by atoms with E-state index in [1.54, 1.807) is 12.4 Å². The van der Waals surface area contributed by atoms with E-state index in [-0.39, 0.29) is 0 Å². The number of rotatable bonds is 5. The van der Waals surface area contributed by atoms with Crippen LogP contribution in [0.15, 0.2) is 12.4 Å². The zero-order valence-corrected chi connectivity index (χ0v) is 10.0. The summed E-state index contributed by atoms with van der Waals surface area (Å²) in [6, 6.07) is 0.441. The number of ether oxygens (including phenoxy) is 1.